The van der Waals surface area contributed by atoms with Gasteiger partial charge in [0.25, 0.3) is 0 Å². The highest BCUT2D eigenvalue weighted by Crippen LogP contribution is 1.94. The molecule has 0 bridgehead atoms. The van der Waals surface area contributed by atoms with E-state index in [0.717, 1.165) is 23.6 Å². The standard InChI is InChI=1S/C8H19IN2/c1-8(2)6-11(3)5-4-10-7-9/h8,10H,4-7H2,1-3H3. The second-order valence-electron chi connectivity index (χ2n) is 3.29. The summed E-state index contributed by atoms with van der Waals surface area (Å²) >= 11 is 2.33. The van der Waals surface area contributed by atoms with Gasteiger partial charge in [-0.05, 0) is 13.0 Å². The molecule has 0 heterocycles. The molecule has 0 saturated carbocycles. The third-order valence-electron chi connectivity index (χ3n) is 1.44. The van der Waals surface area contributed by atoms with Gasteiger partial charge in [0.15, 0.2) is 0 Å². The lowest BCUT2D eigenvalue weighted by molar-refractivity contribution is 0.297. The van der Waals surface area contributed by atoms with E-state index in [9.17, 15) is 0 Å². The van der Waals surface area contributed by atoms with E-state index >= 15 is 0 Å². The summed E-state index contributed by atoms with van der Waals surface area (Å²) in [6.07, 6.45) is 0. The van der Waals surface area contributed by atoms with E-state index in [4.69, 9.17) is 0 Å². The monoisotopic (exact) mass is 270 g/mol. The number of hydrogen-bond donors (Lipinski definition) is 1. The first kappa shape index (κ1) is 11.6. The Balaban J connectivity index is 3.15. The van der Waals surface area contributed by atoms with Crippen LogP contribution in [0, 0.1) is 5.92 Å². The number of likely N-dealkylation sites (N-methyl/N-ethyl adjacent to an activating group) is 1. The van der Waals surface area contributed by atoms with Crippen LogP contribution < -0.4 is 5.32 Å². The van der Waals surface area contributed by atoms with Crippen LogP contribution >= 0.6 is 22.6 Å². The number of halogens is 1. The van der Waals surface area contributed by atoms with Crippen LogP contribution in [0.4, 0.5) is 0 Å². The average Bonchev–Trinajstić information content (AvgIpc) is 1.86. The highest BCUT2D eigenvalue weighted by molar-refractivity contribution is 14.1. The molecular formula is C8H19IN2. The number of nitrogens with zero attached hydrogens (tertiary/aromatic N) is 1. The van der Waals surface area contributed by atoms with Gasteiger partial charge in [-0.3, -0.25) is 0 Å². The third kappa shape index (κ3) is 8.56. The summed E-state index contributed by atoms with van der Waals surface area (Å²) in [7, 11) is 2.18. The molecule has 0 aliphatic carbocycles. The Morgan fingerprint density at radius 1 is 1.45 bits per heavy atom. The quantitative estimate of drug-likeness (QED) is 0.341. The normalized spacial score (nSPS) is 11.5. The molecule has 1 N–H and O–H groups in total. The number of hydrogen-bond acceptors (Lipinski definition) is 2. The molecule has 0 aromatic carbocycles. The molecule has 68 valence electrons. The molecule has 3 heteroatoms. The van der Waals surface area contributed by atoms with E-state index in [1.54, 1.807) is 0 Å². The van der Waals surface area contributed by atoms with Crippen LogP contribution in [0.5, 0.6) is 0 Å². The van der Waals surface area contributed by atoms with Gasteiger partial charge in [-0.2, -0.15) is 0 Å². The Bertz CT molecular complexity index is 86.2. The summed E-state index contributed by atoms with van der Waals surface area (Å²) in [5.41, 5.74) is 0. The molecule has 0 aliphatic heterocycles. The zero-order valence-electron chi connectivity index (χ0n) is 7.73. The molecule has 0 radical (unpaired) electrons. The van der Waals surface area contributed by atoms with E-state index < -0.39 is 0 Å². The van der Waals surface area contributed by atoms with Crippen LogP contribution in [-0.2, 0) is 0 Å². The number of alkyl halides is 1. The minimum absolute atomic E-state index is 0.777. The molecule has 2 nitrogen and oxygen atoms in total. The van der Waals surface area contributed by atoms with Gasteiger partial charge in [-0.25, -0.2) is 0 Å². The van der Waals surface area contributed by atoms with Crippen molar-refractivity contribution in [1.29, 1.82) is 0 Å². The largest absolute Gasteiger partial charge is 0.307 e. The van der Waals surface area contributed by atoms with Gasteiger partial charge in [-0.15, -0.1) is 0 Å². The van der Waals surface area contributed by atoms with Gasteiger partial charge in [0, 0.05) is 24.2 Å². The highest BCUT2D eigenvalue weighted by atomic mass is 127. The topological polar surface area (TPSA) is 15.3 Å². The van der Waals surface area contributed by atoms with Gasteiger partial charge >= 0.3 is 0 Å². The van der Waals surface area contributed by atoms with Gasteiger partial charge in [0.05, 0.1) is 0 Å². The Labute approximate surface area is 83.9 Å². The summed E-state index contributed by atoms with van der Waals surface area (Å²) in [6, 6.07) is 0. The van der Waals surface area contributed by atoms with Crippen molar-refractivity contribution in [2.45, 2.75) is 13.8 Å². The maximum absolute atomic E-state index is 3.30. The fourth-order valence-electron chi connectivity index (χ4n) is 1.05. The van der Waals surface area contributed by atoms with Crippen LogP contribution in [0.25, 0.3) is 0 Å². The summed E-state index contributed by atoms with van der Waals surface area (Å²) in [4.78, 5) is 2.37. The predicted molar refractivity (Wildman–Crippen MR) is 59.2 cm³/mol. The highest BCUT2D eigenvalue weighted by Gasteiger charge is 1.99. The molecule has 0 aromatic rings. The van der Waals surface area contributed by atoms with Gasteiger partial charge < -0.3 is 10.2 Å². The van der Waals surface area contributed by atoms with Crippen LogP contribution in [0.15, 0.2) is 0 Å². The van der Waals surface area contributed by atoms with Crippen molar-refractivity contribution in [3.05, 3.63) is 0 Å². The van der Waals surface area contributed by atoms with Gasteiger partial charge in [-0.1, -0.05) is 36.4 Å². The maximum Gasteiger partial charge on any atom is 0.0480 e. The minimum atomic E-state index is 0.777. The number of nitrogens with one attached hydrogen (secondary N) is 1. The predicted octanol–water partition coefficient (Wildman–Crippen LogP) is 1.56. The first-order chi connectivity index (χ1) is 5.16. The first-order valence-electron chi connectivity index (χ1n) is 4.12. The van der Waals surface area contributed by atoms with Crippen molar-refractivity contribution < 1.29 is 0 Å². The van der Waals surface area contributed by atoms with Gasteiger partial charge in [0.1, 0.15) is 0 Å². The molecule has 0 fully saturated rings. The van der Waals surface area contributed by atoms with Crippen molar-refractivity contribution in [1.82, 2.24) is 10.2 Å². The lowest BCUT2D eigenvalue weighted by Crippen LogP contribution is -2.31. The van der Waals surface area contributed by atoms with E-state index in [2.05, 4.69) is 53.7 Å². The van der Waals surface area contributed by atoms with Crippen molar-refractivity contribution in [3.8, 4) is 0 Å². The van der Waals surface area contributed by atoms with Crippen LogP contribution in [0.1, 0.15) is 13.8 Å². The Kier molecular flexibility index (Phi) is 7.74. The zero-order chi connectivity index (χ0) is 8.69. The molecule has 0 aromatic heterocycles. The molecule has 0 spiro atoms. The molecule has 0 atom stereocenters. The summed E-state index contributed by atoms with van der Waals surface area (Å²) in [5, 5.41) is 3.30. The second kappa shape index (κ2) is 7.31. The molecule has 0 unspecified atom stereocenters. The van der Waals surface area contributed by atoms with E-state index in [-0.39, 0.29) is 0 Å². The molecule has 0 rings (SSSR count). The van der Waals surface area contributed by atoms with Crippen molar-refractivity contribution in [3.63, 3.8) is 0 Å². The van der Waals surface area contributed by atoms with E-state index in [1.807, 2.05) is 0 Å². The first-order valence-corrected chi connectivity index (χ1v) is 5.64. The number of rotatable bonds is 6. The third-order valence-corrected chi connectivity index (χ3v) is 1.98. The van der Waals surface area contributed by atoms with E-state index in [1.165, 1.54) is 6.54 Å². The Morgan fingerprint density at radius 3 is 2.55 bits per heavy atom. The van der Waals surface area contributed by atoms with Crippen molar-refractivity contribution >= 4 is 22.6 Å². The SMILES string of the molecule is CC(C)CN(C)CCNCI. The molecule has 11 heavy (non-hydrogen) atoms. The second-order valence-corrected chi connectivity index (χ2v) is 4.05. The fraction of sp³-hybridized carbons (Fsp3) is 1.00. The summed E-state index contributed by atoms with van der Waals surface area (Å²) < 4.78 is 1.05. The molecule has 0 amide bonds. The maximum atomic E-state index is 3.30. The Hall–Kier alpha value is 0.650. The van der Waals surface area contributed by atoms with Crippen molar-refractivity contribution in [2.75, 3.05) is 31.2 Å². The van der Waals surface area contributed by atoms with Crippen LogP contribution in [0.3, 0.4) is 0 Å². The lowest BCUT2D eigenvalue weighted by atomic mass is 10.2. The summed E-state index contributed by atoms with van der Waals surface area (Å²) in [5.74, 6) is 0.777. The van der Waals surface area contributed by atoms with Crippen molar-refractivity contribution in [2.24, 2.45) is 5.92 Å². The fourth-order valence-corrected chi connectivity index (χ4v) is 1.43. The lowest BCUT2D eigenvalue weighted by Gasteiger charge is -2.18. The van der Waals surface area contributed by atoms with Crippen LogP contribution in [0.2, 0.25) is 0 Å². The van der Waals surface area contributed by atoms with Gasteiger partial charge in [0.2, 0.25) is 0 Å². The molecular weight excluding hydrogens is 251 g/mol. The molecule has 0 aliphatic rings. The Morgan fingerprint density at radius 2 is 2.09 bits per heavy atom. The van der Waals surface area contributed by atoms with Crippen LogP contribution in [-0.4, -0.2) is 36.1 Å². The average molecular weight is 270 g/mol. The molecule has 0 saturated heterocycles. The minimum Gasteiger partial charge on any atom is -0.307 e. The zero-order valence-corrected chi connectivity index (χ0v) is 9.89. The smallest absolute Gasteiger partial charge is 0.0480 e. The van der Waals surface area contributed by atoms with E-state index in [0.29, 0.717) is 0 Å². The summed E-state index contributed by atoms with van der Waals surface area (Å²) in [6.45, 7) is 7.96.